The van der Waals surface area contributed by atoms with Crippen molar-refractivity contribution >= 4 is 29.8 Å². The van der Waals surface area contributed by atoms with Crippen LogP contribution in [0.15, 0.2) is 48.1 Å². The van der Waals surface area contributed by atoms with Crippen LogP contribution in [0, 0.1) is 16.7 Å². The van der Waals surface area contributed by atoms with E-state index in [-0.39, 0.29) is 32.1 Å². The number of carbonyl (C=O) groups excluding carboxylic acids is 5. The molecule has 0 aromatic carbocycles. The summed E-state index contributed by atoms with van der Waals surface area (Å²) in [7, 11) is 2.37. The molecular weight excluding hydrogens is 852 g/mol. The molecule has 366 valence electrons. The standard InChI is InChI=1S/C47H70O18/c1-10-11-12-13-14-15-38(51)63-42-31(21-40(53)59-9)25-45(55)27-36(28(2)48)62-41(54)23-32(50)22-34-24-37(60-29(3)49)44(6,7)46(56,64-34)26-35-19-30(20-39(52)58-8)18-33(61-35)16-17-43(4,5)47(42,57)65-45/h12-17,20,28,31-37,42,48,50,55-57H,10-11,18-19,21-27H2,1-9H3/t28-,31?,32-,33+,34-,35+,36-,37+,42+,45+,46+,47-/m1/s1. The number of ether oxygens (including phenoxy) is 8. The molecule has 4 aliphatic heterocycles. The predicted octanol–water partition coefficient (Wildman–Crippen LogP) is 3.68. The summed E-state index contributed by atoms with van der Waals surface area (Å²) in [6.07, 6.45) is 0.0179. The van der Waals surface area contributed by atoms with Gasteiger partial charge in [0.1, 0.15) is 12.2 Å². The lowest BCUT2D eigenvalue weighted by atomic mass is 9.70. The molecule has 4 rings (SSSR count). The lowest BCUT2D eigenvalue weighted by Gasteiger charge is -2.55. The van der Waals surface area contributed by atoms with Crippen molar-refractivity contribution in [1.29, 1.82) is 0 Å². The van der Waals surface area contributed by atoms with E-state index in [9.17, 15) is 49.5 Å². The van der Waals surface area contributed by atoms with Crippen LogP contribution in [0.1, 0.15) is 119 Å². The van der Waals surface area contributed by atoms with Crippen LogP contribution in [0.4, 0.5) is 0 Å². The Bertz CT molecular complexity index is 1820. The van der Waals surface area contributed by atoms with Crippen molar-refractivity contribution in [1.82, 2.24) is 0 Å². The maximum Gasteiger partial charge on any atom is 0.331 e. The van der Waals surface area contributed by atoms with Crippen LogP contribution in [-0.2, 0) is 61.9 Å². The van der Waals surface area contributed by atoms with Crippen molar-refractivity contribution in [3.8, 4) is 0 Å². The number of cyclic esters (lactones) is 1. The number of hydrogen-bond acceptors (Lipinski definition) is 18. The second-order valence-corrected chi connectivity index (χ2v) is 18.9. The minimum atomic E-state index is -2.68. The quantitative estimate of drug-likeness (QED) is 0.0688. The topological polar surface area (TPSA) is 260 Å². The Labute approximate surface area is 380 Å². The number of esters is 5. The van der Waals surface area contributed by atoms with E-state index < -0.39 is 138 Å². The minimum Gasteiger partial charge on any atom is -0.469 e. The van der Waals surface area contributed by atoms with Crippen LogP contribution in [0.3, 0.4) is 0 Å². The Morgan fingerprint density at radius 3 is 2.26 bits per heavy atom. The second-order valence-electron chi connectivity index (χ2n) is 18.9. The third kappa shape index (κ3) is 13.8. The van der Waals surface area contributed by atoms with Crippen molar-refractivity contribution in [2.75, 3.05) is 14.2 Å². The smallest absolute Gasteiger partial charge is 0.331 e. The Morgan fingerprint density at radius 2 is 1.63 bits per heavy atom. The van der Waals surface area contributed by atoms with Gasteiger partial charge in [-0.1, -0.05) is 77.0 Å². The highest BCUT2D eigenvalue weighted by atomic mass is 16.7. The lowest BCUT2D eigenvalue weighted by molar-refractivity contribution is -0.424. The molecule has 0 spiro atoms. The molecule has 3 saturated heterocycles. The normalized spacial score (nSPS) is 36.6. The third-order valence-electron chi connectivity index (χ3n) is 12.8. The molecule has 0 amide bonds. The SMILES string of the molecule is CCCC=CC=CC(=O)O[C@H]1C(CC(=O)OC)C[C@@]2(O)C[C@H]([C@@H](C)O)OC(=O)C[C@H](O)C[C@@H]3C[C@H](OC(C)=O)C(C)(C)[C@](O)(C[C@@H]4CC(=CC(=O)OC)C[C@H](C=CC(C)(C)[C@]1(O)O2)O4)O3. The fourth-order valence-electron chi connectivity index (χ4n) is 9.01. The molecule has 18 nitrogen and oxygen atoms in total. The van der Waals surface area contributed by atoms with Gasteiger partial charge in [0.05, 0.1) is 63.0 Å². The zero-order valence-electron chi connectivity index (χ0n) is 39.1. The van der Waals surface area contributed by atoms with Gasteiger partial charge in [0.2, 0.25) is 5.79 Å². The van der Waals surface area contributed by atoms with E-state index in [4.69, 9.17) is 37.9 Å². The van der Waals surface area contributed by atoms with Crippen molar-refractivity contribution in [3.63, 3.8) is 0 Å². The van der Waals surface area contributed by atoms with Crippen molar-refractivity contribution in [2.24, 2.45) is 16.7 Å². The molecule has 65 heavy (non-hydrogen) atoms. The van der Waals surface area contributed by atoms with Crippen molar-refractivity contribution < 1.29 is 87.4 Å². The molecule has 0 saturated carbocycles. The molecule has 0 aromatic heterocycles. The fourth-order valence-corrected chi connectivity index (χ4v) is 9.01. The zero-order chi connectivity index (χ0) is 48.5. The number of aliphatic hydroxyl groups is 5. The summed E-state index contributed by atoms with van der Waals surface area (Å²) >= 11 is 0. The van der Waals surface area contributed by atoms with Gasteiger partial charge in [-0.3, -0.25) is 14.4 Å². The number of carbonyl (C=O) groups is 5. The Kier molecular flexibility index (Phi) is 18.3. The number of rotatable bonds is 10. The molecule has 3 fully saturated rings. The Morgan fingerprint density at radius 1 is 0.923 bits per heavy atom. The lowest BCUT2D eigenvalue weighted by Crippen LogP contribution is -2.68. The summed E-state index contributed by atoms with van der Waals surface area (Å²) in [5.74, 6) is -12.4. The van der Waals surface area contributed by atoms with E-state index in [0.717, 1.165) is 26.0 Å². The monoisotopic (exact) mass is 922 g/mol. The van der Waals surface area contributed by atoms with E-state index in [2.05, 4.69) is 0 Å². The Hall–Kier alpha value is -4.01. The molecule has 4 heterocycles. The fraction of sp³-hybridized carbons (Fsp3) is 0.723. The molecular formula is C47H70O18. The highest BCUT2D eigenvalue weighted by molar-refractivity contribution is 5.83. The summed E-state index contributed by atoms with van der Waals surface area (Å²) in [5.41, 5.74) is -2.36. The van der Waals surface area contributed by atoms with E-state index in [1.54, 1.807) is 26.0 Å². The van der Waals surface area contributed by atoms with Gasteiger partial charge < -0.3 is 63.4 Å². The third-order valence-corrected chi connectivity index (χ3v) is 12.8. The van der Waals surface area contributed by atoms with Gasteiger partial charge in [-0.2, -0.15) is 0 Å². The number of allylic oxidation sites excluding steroid dienone is 3. The molecule has 0 aromatic rings. The van der Waals surface area contributed by atoms with Gasteiger partial charge in [0, 0.05) is 62.5 Å². The van der Waals surface area contributed by atoms with Crippen molar-refractivity contribution in [3.05, 3.63) is 48.1 Å². The molecule has 6 bridgehead atoms. The van der Waals surface area contributed by atoms with E-state index in [1.807, 2.05) is 13.0 Å². The van der Waals surface area contributed by atoms with Crippen LogP contribution in [-0.4, -0.2) is 136 Å². The second kappa shape index (κ2) is 22.2. The van der Waals surface area contributed by atoms with Gasteiger partial charge >= 0.3 is 29.8 Å². The molecule has 5 N–H and O–H groups in total. The molecule has 4 aliphatic rings. The molecule has 0 aliphatic carbocycles. The van der Waals surface area contributed by atoms with Crippen molar-refractivity contribution in [2.45, 2.75) is 185 Å². The number of fused-ring (bicyclic) bond motifs is 6. The van der Waals surface area contributed by atoms with Gasteiger partial charge in [-0.25, -0.2) is 9.59 Å². The average Bonchev–Trinajstić information content (AvgIpc) is 3.19. The van der Waals surface area contributed by atoms with Crippen LogP contribution in [0.25, 0.3) is 0 Å². The molecule has 12 atom stereocenters. The highest BCUT2D eigenvalue weighted by Crippen LogP contribution is 2.52. The maximum atomic E-state index is 13.5. The van der Waals surface area contributed by atoms with Gasteiger partial charge in [0.25, 0.3) is 0 Å². The highest BCUT2D eigenvalue weighted by Gasteiger charge is 2.63. The average molecular weight is 923 g/mol. The van der Waals surface area contributed by atoms with E-state index in [0.29, 0.717) is 5.57 Å². The first kappa shape index (κ1) is 53.6. The van der Waals surface area contributed by atoms with E-state index in [1.165, 1.54) is 53.0 Å². The van der Waals surface area contributed by atoms with Crippen LogP contribution in [0.2, 0.25) is 0 Å². The minimum absolute atomic E-state index is 0.0411. The summed E-state index contributed by atoms with van der Waals surface area (Å²) in [4.78, 5) is 64.9. The first-order chi connectivity index (χ1) is 30.3. The van der Waals surface area contributed by atoms with Crippen LogP contribution >= 0.6 is 0 Å². The summed E-state index contributed by atoms with van der Waals surface area (Å²) in [6, 6.07) is 0. The van der Waals surface area contributed by atoms with Crippen LogP contribution in [0.5, 0.6) is 0 Å². The molecule has 0 radical (unpaired) electrons. The van der Waals surface area contributed by atoms with E-state index >= 15 is 0 Å². The first-order valence-corrected chi connectivity index (χ1v) is 22.3. The maximum absolute atomic E-state index is 13.5. The number of unbranched alkanes of at least 4 members (excludes halogenated alkanes) is 1. The predicted molar refractivity (Wildman–Crippen MR) is 230 cm³/mol. The molecule has 18 heteroatoms. The Balaban J connectivity index is 1.90. The summed E-state index contributed by atoms with van der Waals surface area (Å²) in [5, 5.41) is 60.0. The van der Waals surface area contributed by atoms with Gasteiger partial charge in [0.15, 0.2) is 17.7 Å². The number of aliphatic hydroxyl groups excluding tert-OH is 2. The van der Waals surface area contributed by atoms with Gasteiger partial charge in [-0.15, -0.1) is 0 Å². The largest absolute Gasteiger partial charge is 0.469 e. The van der Waals surface area contributed by atoms with Crippen LogP contribution < -0.4 is 0 Å². The van der Waals surface area contributed by atoms with Gasteiger partial charge in [-0.05, 0) is 26.2 Å². The molecule has 1 unspecified atom stereocenters. The zero-order valence-corrected chi connectivity index (χ0v) is 39.1. The summed E-state index contributed by atoms with van der Waals surface area (Å²) in [6.45, 7) is 10.9. The number of methoxy groups -OCH3 is 2. The number of hydrogen-bond donors (Lipinski definition) is 5. The first-order valence-electron chi connectivity index (χ1n) is 22.3. The summed E-state index contributed by atoms with van der Waals surface area (Å²) < 4.78 is 46.4.